The SMILES string of the molecule is O=C(CCS(=O)(=O)c1ccc2c(c1)CCC2)N1CCC2CCC(C1)N2. The molecule has 2 unspecified atom stereocenters. The lowest BCUT2D eigenvalue weighted by molar-refractivity contribution is -0.131. The van der Waals surface area contributed by atoms with Gasteiger partial charge >= 0.3 is 0 Å². The van der Waals surface area contributed by atoms with Gasteiger partial charge in [0, 0.05) is 31.6 Å². The molecule has 0 spiro atoms. The van der Waals surface area contributed by atoms with Crippen LogP contribution in [0.15, 0.2) is 23.1 Å². The normalized spacial score (nSPS) is 25.7. The standard InChI is InChI=1S/C19H26N2O3S/c22-19(21-10-8-16-5-6-17(13-21)20-16)9-11-25(23,24)18-7-4-14-2-1-3-15(14)12-18/h4,7,12,16-17,20H,1-3,5-6,8-11,13H2. The van der Waals surface area contributed by atoms with E-state index in [-0.39, 0.29) is 18.1 Å². The van der Waals surface area contributed by atoms with E-state index in [1.807, 2.05) is 17.0 Å². The molecular weight excluding hydrogens is 336 g/mol. The van der Waals surface area contributed by atoms with E-state index in [1.165, 1.54) is 12.0 Å². The Hall–Kier alpha value is -1.40. The first-order valence-corrected chi connectivity index (χ1v) is 11.0. The lowest BCUT2D eigenvalue weighted by atomic mass is 10.1. The molecule has 25 heavy (non-hydrogen) atoms. The van der Waals surface area contributed by atoms with Crippen molar-refractivity contribution in [1.29, 1.82) is 0 Å². The van der Waals surface area contributed by atoms with Gasteiger partial charge < -0.3 is 10.2 Å². The van der Waals surface area contributed by atoms with Gasteiger partial charge in [-0.2, -0.15) is 0 Å². The molecule has 0 saturated carbocycles. The first kappa shape index (κ1) is 17.0. The van der Waals surface area contributed by atoms with E-state index in [9.17, 15) is 13.2 Å². The van der Waals surface area contributed by atoms with Crippen molar-refractivity contribution in [3.63, 3.8) is 0 Å². The molecule has 1 aliphatic carbocycles. The van der Waals surface area contributed by atoms with Crippen molar-refractivity contribution in [2.24, 2.45) is 0 Å². The number of carbonyl (C=O) groups excluding carboxylic acids is 1. The van der Waals surface area contributed by atoms with Crippen LogP contribution in [0.5, 0.6) is 0 Å². The summed E-state index contributed by atoms with van der Waals surface area (Å²) in [7, 11) is -3.40. The Morgan fingerprint density at radius 2 is 1.92 bits per heavy atom. The first-order valence-electron chi connectivity index (χ1n) is 9.40. The first-order chi connectivity index (χ1) is 12.0. The molecular formula is C19H26N2O3S. The number of sulfone groups is 1. The number of hydrogen-bond donors (Lipinski definition) is 1. The average molecular weight is 362 g/mol. The molecule has 2 fully saturated rings. The maximum absolute atomic E-state index is 12.6. The number of rotatable bonds is 4. The Kier molecular flexibility index (Phi) is 4.58. The Morgan fingerprint density at radius 3 is 2.80 bits per heavy atom. The molecule has 0 aromatic heterocycles. The summed E-state index contributed by atoms with van der Waals surface area (Å²) in [6.45, 7) is 1.46. The molecule has 1 N–H and O–H groups in total. The maximum Gasteiger partial charge on any atom is 0.223 e. The predicted molar refractivity (Wildman–Crippen MR) is 96.3 cm³/mol. The van der Waals surface area contributed by atoms with Crippen LogP contribution in [-0.4, -0.2) is 50.2 Å². The molecule has 0 radical (unpaired) electrons. The van der Waals surface area contributed by atoms with Crippen molar-refractivity contribution in [2.75, 3.05) is 18.8 Å². The van der Waals surface area contributed by atoms with E-state index < -0.39 is 9.84 Å². The number of nitrogens with zero attached hydrogens (tertiary/aromatic N) is 1. The van der Waals surface area contributed by atoms with E-state index in [4.69, 9.17) is 0 Å². The maximum atomic E-state index is 12.6. The van der Waals surface area contributed by atoms with Crippen molar-refractivity contribution < 1.29 is 13.2 Å². The molecule has 136 valence electrons. The van der Waals surface area contributed by atoms with E-state index in [2.05, 4.69) is 5.32 Å². The number of benzene rings is 1. The number of likely N-dealkylation sites (tertiary alicyclic amines) is 1. The van der Waals surface area contributed by atoms with Crippen LogP contribution in [0, 0.1) is 0 Å². The zero-order valence-corrected chi connectivity index (χ0v) is 15.4. The Bertz CT molecular complexity index is 775. The Morgan fingerprint density at radius 1 is 1.12 bits per heavy atom. The van der Waals surface area contributed by atoms with Gasteiger partial charge in [-0.15, -0.1) is 0 Å². The van der Waals surface area contributed by atoms with Crippen LogP contribution in [0.25, 0.3) is 0 Å². The summed E-state index contributed by atoms with van der Waals surface area (Å²) in [5.74, 6) is -0.123. The molecule has 2 heterocycles. The van der Waals surface area contributed by atoms with Crippen molar-refractivity contribution in [2.45, 2.75) is 61.9 Å². The largest absolute Gasteiger partial charge is 0.341 e. The van der Waals surface area contributed by atoms with E-state index >= 15 is 0 Å². The van der Waals surface area contributed by atoms with Crippen LogP contribution >= 0.6 is 0 Å². The third-order valence-corrected chi connectivity index (χ3v) is 7.60. The number of carbonyl (C=O) groups is 1. The summed E-state index contributed by atoms with van der Waals surface area (Å²) < 4.78 is 25.3. The fourth-order valence-electron chi connectivity index (χ4n) is 4.41. The predicted octanol–water partition coefficient (Wildman–Crippen LogP) is 1.69. The van der Waals surface area contributed by atoms with Crippen LogP contribution in [0.3, 0.4) is 0 Å². The quantitative estimate of drug-likeness (QED) is 0.885. The summed E-state index contributed by atoms with van der Waals surface area (Å²) in [5.41, 5.74) is 2.42. The van der Waals surface area contributed by atoms with Crippen LogP contribution in [0.1, 0.15) is 43.2 Å². The number of hydrogen-bond acceptors (Lipinski definition) is 4. The Labute approximate surface area is 149 Å². The molecule has 2 bridgehead atoms. The minimum Gasteiger partial charge on any atom is -0.341 e. The minimum absolute atomic E-state index is 0.0286. The molecule has 2 aliphatic heterocycles. The molecule has 5 nitrogen and oxygen atoms in total. The molecule has 1 aromatic carbocycles. The van der Waals surface area contributed by atoms with Crippen molar-refractivity contribution >= 4 is 15.7 Å². The lowest BCUT2D eigenvalue weighted by Crippen LogP contribution is -2.39. The zero-order chi connectivity index (χ0) is 17.4. The highest BCUT2D eigenvalue weighted by molar-refractivity contribution is 7.91. The smallest absolute Gasteiger partial charge is 0.223 e. The van der Waals surface area contributed by atoms with Gasteiger partial charge in [0.15, 0.2) is 9.84 Å². The van der Waals surface area contributed by atoms with Gasteiger partial charge in [-0.05, 0) is 61.8 Å². The molecule has 1 aromatic rings. The topological polar surface area (TPSA) is 66.5 Å². The van der Waals surface area contributed by atoms with Crippen LogP contribution < -0.4 is 5.32 Å². The summed E-state index contributed by atoms with van der Waals surface area (Å²) in [6, 6.07) is 6.37. The molecule has 3 aliphatic rings. The third kappa shape index (κ3) is 3.60. The van der Waals surface area contributed by atoms with Crippen LogP contribution in [0.4, 0.5) is 0 Å². The highest BCUT2D eigenvalue weighted by Crippen LogP contribution is 2.26. The number of nitrogens with one attached hydrogen (secondary N) is 1. The van der Waals surface area contributed by atoms with Gasteiger partial charge in [0.1, 0.15) is 0 Å². The summed E-state index contributed by atoms with van der Waals surface area (Å²) >= 11 is 0. The summed E-state index contributed by atoms with van der Waals surface area (Å²) in [4.78, 5) is 14.8. The van der Waals surface area contributed by atoms with Crippen molar-refractivity contribution in [1.82, 2.24) is 10.2 Å². The van der Waals surface area contributed by atoms with Crippen LogP contribution in [-0.2, 0) is 27.5 Å². The molecule has 4 rings (SSSR count). The third-order valence-electron chi connectivity index (χ3n) is 5.89. The van der Waals surface area contributed by atoms with E-state index in [0.29, 0.717) is 23.5 Å². The number of fused-ring (bicyclic) bond motifs is 3. The Balaban J connectivity index is 1.39. The highest BCUT2D eigenvalue weighted by atomic mass is 32.2. The summed E-state index contributed by atoms with van der Waals surface area (Å²) in [6.07, 6.45) is 6.46. The number of aryl methyl sites for hydroxylation is 2. The molecule has 2 atom stereocenters. The minimum atomic E-state index is -3.40. The average Bonchev–Trinajstić information content (AvgIpc) is 3.18. The zero-order valence-electron chi connectivity index (χ0n) is 14.5. The van der Waals surface area contributed by atoms with E-state index in [1.54, 1.807) is 6.07 Å². The summed E-state index contributed by atoms with van der Waals surface area (Å²) in [5, 5.41) is 3.55. The van der Waals surface area contributed by atoms with Gasteiger partial charge in [0.25, 0.3) is 0 Å². The fourth-order valence-corrected chi connectivity index (χ4v) is 5.69. The molecule has 6 heteroatoms. The van der Waals surface area contributed by atoms with Gasteiger partial charge in [-0.1, -0.05) is 6.07 Å². The van der Waals surface area contributed by atoms with Gasteiger partial charge in [-0.3, -0.25) is 4.79 Å². The van der Waals surface area contributed by atoms with Gasteiger partial charge in [0.05, 0.1) is 10.6 Å². The van der Waals surface area contributed by atoms with Crippen molar-refractivity contribution in [3.05, 3.63) is 29.3 Å². The second kappa shape index (κ2) is 6.72. The molecule has 1 amide bonds. The van der Waals surface area contributed by atoms with Crippen molar-refractivity contribution in [3.8, 4) is 0 Å². The van der Waals surface area contributed by atoms with Gasteiger partial charge in [-0.25, -0.2) is 8.42 Å². The van der Waals surface area contributed by atoms with E-state index in [0.717, 1.165) is 44.2 Å². The monoisotopic (exact) mass is 362 g/mol. The second-order valence-corrected chi connectivity index (χ2v) is 9.73. The van der Waals surface area contributed by atoms with Gasteiger partial charge in [0.2, 0.25) is 5.91 Å². The fraction of sp³-hybridized carbons (Fsp3) is 0.632. The molecule has 2 saturated heterocycles. The highest BCUT2D eigenvalue weighted by Gasteiger charge is 2.31. The number of amides is 1. The lowest BCUT2D eigenvalue weighted by Gasteiger charge is -2.24. The van der Waals surface area contributed by atoms with Crippen LogP contribution in [0.2, 0.25) is 0 Å². The second-order valence-electron chi connectivity index (χ2n) is 7.62.